The molecule has 2 rings (SSSR count). The Morgan fingerprint density at radius 1 is 1.29 bits per heavy atom. The van der Waals surface area contributed by atoms with E-state index in [1.165, 1.54) is 0 Å². The summed E-state index contributed by atoms with van der Waals surface area (Å²) in [5.74, 6) is -1.35. The highest BCUT2D eigenvalue weighted by molar-refractivity contribution is 5.98. The molecular weight excluding hydrogens is 232 g/mol. The van der Waals surface area contributed by atoms with Crippen LogP contribution in [0.1, 0.15) is 0 Å². The maximum Gasteiger partial charge on any atom is 0.321 e. The Morgan fingerprint density at radius 3 is 2.53 bits per heavy atom. The van der Waals surface area contributed by atoms with E-state index in [2.05, 4.69) is 10.6 Å². The quantitative estimate of drug-likeness (QED) is 0.351. The van der Waals surface area contributed by atoms with Crippen molar-refractivity contribution in [1.29, 1.82) is 0 Å². The summed E-state index contributed by atoms with van der Waals surface area (Å²) in [5, 5.41) is 32.6. The molecule has 0 aromatic carbocycles. The van der Waals surface area contributed by atoms with Gasteiger partial charge in [0.1, 0.15) is 18.3 Å². The number of carbonyl (C=O) groups excluding carboxylic acids is 2. The molecule has 96 valence electrons. The molecule has 5 atom stereocenters. The van der Waals surface area contributed by atoms with Crippen LogP contribution in [0.25, 0.3) is 0 Å². The van der Waals surface area contributed by atoms with Crippen molar-refractivity contribution in [2.45, 2.75) is 24.4 Å². The smallest absolute Gasteiger partial charge is 0.321 e. The zero-order valence-corrected chi connectivity index (χ0v) is 8.87. The Hall–Kier alpha value is -1.22. The molecule has 5 unspecified atom stereocenters. The molecule has 0 aromatic heterocycles. The number of aliphatic hydroxyl groups excluding tert-OH is 3. The average Bonchev–Trinajstić information content (AvgIpc) is 2.57. The van der Waals surface area contributed by atoms with Crippen LogP contribution >= 0.6 is 0 Å². The minimum Gasteiger partial charge on any atom is -0.394 e. The van der Waals surface area contributed by atoms with Crippen molar-refractivity contribution < 1.29 is 29.6 Å². The van der Waals surface area contributed by atoms with Crippen molar-refractivity contribution in [3.8, 4) is 0 Å². The predicted octanol–water partition coefficient (Wildman–Crippen LogP) is -3.08. The molecule has 0 bridgehead atoms. The van der Waals surface area contributed by atoms with Crippen molar-refractivity contribution in [3.05, 3.63) is 0 Å². The first-order chi connectivity index (χ1) is 8.04. The van der Waals surface area contributed by atoms with Crippen LogP contribution < -0.4 is 10.6 Å². The van der Waals surface area contributed by atoms with Gasteiger partial charge in [-0.05, 0) is 0 Å². The summed E-state index contributed by atoms with van der Waals surface area (Å²) in [4.78, 5) is 22.4. The summed E-state index contributed by atoms with van der Waals surface area (Å²) >= 11 is 0. The van der Waals surface area contributed by atoms with Gasteiger partial charge >= 0.3 is 6.03 Å². The van der Waals surface area contributed by atoms with E-state index >= 15 is 0 Å². The summed E-state index contributed by atoms with van der Waals surface area (Å²) in [7, 11) is 0. The number of rotatable bonds is 2. The fourth-order valence-electron chi connectivity index (χ4n) is 2.07. The van der Waals surface area contributed by atoms with Crippen molar-refractivity contribution in [2.75, 3.05) is 13.2 Å². The molecule has 2 fully saturated rings. The molecular formula is C9H14N2O6. The van der Waals surface area contributed by atoms with Crippen molar-refractivity contribution >= 4 is 11.9 Å². The van der Waals surface area contributed by atoms with Gasteiger partial charge in [0.2, 0.25) is 5.91 Å². The molecule has 3 amide bonds. The Bertz CT molecular complexity index is 335. The van der Waals surface area contributed by atoms with Gasteiger partial charge in [0, 0.05) is 6.54 Å². The first-order valence-corrected chi connectivity index (χ1v) is 5.25. The first-order valence-electron chi connectivity index (χ1n) is 5.25. The Morgan fingerprint density at radius 2 is 2.00 bits per heavy atom. The number of ether oxygens (including phenoxy) is 1. The lowest BCUT2D eigenvalue weighted by Crippen LogP contribution is -2.57. The molecule has 8 nitrogen and oxygen atoms in total. The molecule has 2 aliphatic heterocycles. The van der Waals surface area contributed by atoms with Crippen LogP contribution in [-0.4, -0.2) is 64.8 Å². The maximum atomic E-state index is 11.5. The first kappa shape index (κ1) is 12.2. The fraction of sp³-hybridized carbons (Fsp3) is 0.778. The number of urea groups is 1. The minimum absolute atomic E-state index is 0.0251. The molecule has 2 saturated heterocycles. The number of aliphatic hydroxyl groups is 3. The number of carbonyl (C=O) groups is 2. The fourth-order valence-corrected chi connectivity index (χ4v) is 2.07. The van der Waals surface area contributed by atoms with Crippen molar-refractivity contribution in [1.82, 2.24) is 10.6 Å². The summed E-state index contributed by atoms with van der Waals surface area (Å²) in [6.45, 7) is -0.424. The van der Waals surface area contributed by atoms with Crippen LogP contribution in [0.2, 0.25) is 0 Å². The molecule has 0 saturated carbocycles. The predicted molar refractivity (Wildman–Crippen MR) is 52.8 cm³/mol. The van der Waals surface area contributed by atoms with E-state index in [1.54, 1.807) is 0 Å². The number of nitrogens with one attached hydrogen (secondary N) is 2. The Balaban J connectivity index is 2.08. The zero-order valence-electron chi connectivity index (χ0n) is 8.87. The summed E-state index contributed by atoms with van der Waals surface area (Å²) < 4.78 is 5.22. The summed E-state index contributed by atoms with van der Waals surface area (Å²) in [6, 6.07) is -0.599. The van der Waals surface area contributed by atoms with E-state index in [4.69, 9.17) is 9.84 Å². The second kappa shape index (κ2) is 4.57. The lowest BCUT2D eigenvalue weighted by atomic mass is 9.94. The van der Waals surface area contributed by atoms with Gasteiger partial charge in [-0.25, -0.2) is 4.79 Å². The van der Waals surface area contributed by atoms with Gasteiger partial charge in [0.15, 0.2) is 0 Å². The van der Waals surface area contributed by atoms with Gasteiger partial charge in [0.25, 0.3) is 0 Å². The Labute approximate surface area is 96.6 Å². The maximum absolute atomic E-state index is 11.5. The SMILES string of the molecule is O=C1NCC(C2OC(CO)C(O)C2O)C(=O)N1. The summed E-state index contributed by atoms with van der Waals surface area (Å²) in [5.41, 5.74) is 0. The van der Waals surface area contributed by atoms with Gasteiger partial charge < -0.3 is 25.4 Å². The van der Waals surface area contributed by atoms with Gasteiger partial charge in [-0.15, -0.1) is 0 Å². The largest absolute Gasteiger partial charge is 0.394 e. The molecule has 2 aliphatic rings. The van der Waals surface area contributed by atoms with Crippen molar-refractivity contribution in [3.63, 3.8) is 0 Å². The van der Waals surface area contributed by atoms with Gasteiger partial charge in [-0.2, -0.15) is 0 Å². The molecule has 8 heteroatoms. The number of hydrogen-bond acceptors (Lipinski definition) is 6. The third-order valence-corrected chi connectivity index (χ3v) is 3.03. The topological polar surface area (TPSA) is 128 Å². The van der Waals surface area contributed by atoms with E-state index < -0.39 is 48.9 Å². The highest BCUT2D eigenvalue weighted by atomic mass is 16.6. The number of imide groups is 1. The normalized spacial score (nSPS) is 42.2. The molecule has 0 spiro atoms. The molecule has 0 aliphatic carbocycles. The average molecular weight is 246 g/mol. The molecule has 2 heterocycles. The second-order valence-corrected chi connectivity index (χ2v) is 4.11. The number of amides is 3. The standard InChI is InChI=1S/C9H14N2O6/c12-2-4-5(13)6(14)7(17-4)3-1-10-9(16)11-8(3)15/h3-7,12-14H,1-2H2,(H2,10,11,15,16). The van der Waals surface area contributed by atoms with Gasteiger partial charge in [-0.1, -0.05) is 0 Å². The van der Waals surface area contributed by atoms with Gasteiger partial charge in [-0.3, -0.25) is 10.1 Å². The van der Waals surface area contributed by atoms with Crippen molar-refractivity contribution in [2.24, 2.45) is 5.92 Å². The van der Waals surface area contributed by atoms with E-state index in [9.17, 15) is 19.8 Å². The molecule has 5 N–H and O–H groups in total. The van der Waals surface area contributed by atoms with Crippen LogP contribution in [0.3, 0.4) is 0 Å². The van der Waals surface area contributed by atoms with E-state index in [0.29, 0.717) is 0 Å². The third-order valence-electron chi connectivity index (χ3n) is 3.03. The molecule has 17 heavy (non-hydrogen) atoms. The second-order valence-electron chi connectivity index (χ2n) is 4.11. The van der Waals surface area contributed by atoms with Crippen LogP contribution in [0.4, 0.5) is 4.79 Å². The highest BCUT2D eigenvalue weighted by Gasteiger charge is 2.49. The molecule has 0 aromatic rings. The lowest BCUT2D eigenvalue weighted by molar-refractivity contribution is -0.132. The van der Waals surface area contributed by atoms with E-state index in [0.717, 1.165) is 0 Å². The van der Waals surface area contributed by atoms with E-state index in [-0.39, 0.29) is 6.54 Å². The minimum atomic E-state index is -1.27. The van der Waals surface area contributed by atoms with Crippen LogP contribution in [0.5, 0.6) is 0 Å². The number of hydrogen-bond donors (Lipinski definition) is 5. The lowest BCUT2D eigenvalue weighted by Gasteiger charge is -2.28. The monoisotopic (exact) mass is 246 g/mol. The van der Waals surface area contributed by atoms with Crippen LogP contribution in [0.15, 0.2) is 0 Å². The Kier molecular flexibility index (Phi) is 3.29. The van der Waals surface area contributed by atoms with Gasteiger partial charge in [0.05, 0.1) is 18.6 Å². The highest BCUT2D eigenvalue weighted by Crippen LogP contribution is 2.27. The zero-order chi connectivity index (χ0) is 12.6. The van der Waals surface area contributed by atoms with E-state index in [1.807, 2.05) is 0 Å². The third kappa shape index (κ3) is 2.12. The van der Waals surface area contributed by atoms with Crippen LogP contribution in [-0.2, 0) is 9.53 Å². The van der Waals surface area contributed by atoms with Crippen LogP contribution in [0, 0.1) is 5.92 Å². The summed E-state index contributed by atoms with van der Waals surface area (Å²) in [6.07, 6.45) is -4.36. The molecule has 0 radical (unpaired) electrons.